The summed E-state index contributed by atoms with van der Waals surface area (Å²) in [6.07, 6.45) is 1.44. The number of rotatable bonds is 3. The molecule has 0 aliphatic carbocycles. The summed E-state index contributed by atoms with van der Waals surface area (Å²) in [6, 6.07) is 14.6. The van der Waals surface area contributed by atoms with E-state index in [2.05, 4.69) is 21.2 Å². The Morgan fingerprint density at radius 1 is 1.14 bits per heavy atom. The minimum Gasteiger partial charge on any atom is -0.321 e. The number of anilines is 2. The molecule has 0 atom stereocenters. The molecule has 1 aliphatic heterocycles. The van der Waals surface area contributed by atoms with E-state index in [9.17, 15) is 9.59 Å². The van der Waals surface area contributed by atoms with Crippen molar-refractivity contribution in [1.29, 1.82) is 0 Å². The fourth-order valence-electron chi connectivity index (χ4n) is 2.49. The molecule has 2 aromatic rings. The molecule has 3 rings (SSSR count). The minimum atomic E-state index is -0.194. The monoisotopic (exact) mass is 358 g/mol. The third-order valence-corrected chi connectivity index (χ3v) is 4.31. The molecular formula is C17H15BrN2O2. The van der Waals surface area contributed by atoms with Gasteiger partial charge in [-0.15, -0.1) is 0 Å². The first kappa shape index (κ1) is 14.8. The molecule has 0 spiro atoms. The molecule has 1 saturated heterocycles. The van der Waals surface area contributed by atoms with Crippen molar-refractivity contribution in [3.63, 3.8) is 0 Å². The fraction of sp³-hybridized carbons (Fsp3) is 0.176. The van der Waals surface area contributed by atoms with E-state index in [-0.39, 0.29) is 11.8 Å². The summed E-state index contributed by atoms with van der Waals surface area (Å²) < 4.78 is 0.828. The van der Waals surface area contributed by atoms with Crippen LogP contribution in [0.25, 0.3) is 0 Å². The van der Waals surface area contributed by atoms with E-state index in [0.717, 1.165) is 22.3 Å². The van der Waals surface area contributed by atoms with Gasteiger partial charge in [0.25, 0.3) is 5.91 Å². The lowest BCUT2D eigenvalue weighted by Gasteiger charge is -2.16. The molecule has 0 bridgehead atoms. The Kier molecular flexibility index (Phi) is 4.24. The van der Waals surface area contributed by atoms with Crippen LogP contribution in [0.15, 0.2) is 53.0 Å². The predicted molar refractivity (Wildman–Crippen MR) is 90.1 cm³/mol. The van der Waals surface area contributed by atoms with E-state index in [4.69, 9.17) is 0 Å². The summed E-state index contributed by atoms with van der Waals surface area (Å²) in [7, 11) is 0. The summed E-state index contributed by atoms with van der Waals surface area (Å²) in [5.74, 6) is -0.0799. The zero-order valence-corrected chi connectivity index (χ0v) is 13.5. The van der Waals surface area contributed by atoms with Crippen molar-refractivity contribution in [1.82, 2.24) is 0 Å². The second-order valence-corrected chi connectivity index (χ2v) is 5.99. The Balaban J connectivity index is 1.81. The van der Waals surface area contributed by atoms with E-state index in [1.165, 1.54) is 0 Å². The van der Waals surface area contributed by atoms with Crippen LogP contribution in [0.2, 0.25) is 0 Å². The Hall–Kier alpha value is -2.14. The second kappa shape index (κ2) is 6.32. The van der Waals surface area contributed by atoms with Crippen LogP contribution in [0, 0.1) is 0 Å². The highest BCUT2D eigenvalue weighted by atomic mass is 79.9. The van der Waals surface area contributed by atoms with Gasteiger partial charge < -0.3 is 10.2 Å². The van der Waals surface area contributed by atoms with E-state index in [0.29, 0.717) is 18.5 Å². The molecule has 0 unspecified atom stereocenters. The molecule has 2 amide bonds. The van der Waals surface area contributed by atoms with Crippen LogP contribution < -0.4 is 10.2 Å². The van der Waals surface area contributed by atoms with Gasteiger partial charge in [0.15, 0.2) is 0 Å². The van der Waals surface area contributed by atoms with Crippen LogP contribution >= 0.6 is 15.9 Å². The maximum Gasteiger partial charge on any atom is 0.255 e. The number of halogens is 1. The van der Waals surface area contributed by atoms with Gasteiger partial charge in [-0.25, -0.2) is 0 Å². The quantitative estimate of drug-likeness (QED) is 0.906. The summed E-state index contributed by atoms with van der Waals surface area (Å²) >= 11 is 3.41. The number of hydrogen-bond donors (Lipinski definition) is 1. The van der Waals surface area contributed by atoms with Gasteiger partial charge in [-0.05, 0) is 52.7 Å². The standard InChI is InChI=1S/C17H15BrN2O2/c18-14-7-1-2-8-15(14)19-17(22)12-5-3-6-13(11-12)20-10-4-9-16(20)21/h1-3,5-8,11H,4,9-10H2,(H,19,22). The van der Waals surface area contributed by atoms with Gasteiger partial charge in [-0.1, -0.05) is 18.2 Å². The molecule has 0 saturated carbocycles. The van der Waals surface area contributed by atoms with Crippen molar-refractivity contribution in [2.45, 2.75) is 12.8 Å². The summed E-state index contributed by atoms with van der Waals surface area (Å²) in [6.45, 7) is 0.716. The Morgan fingerprint density at radius 2 is 1.95 bits per heavy atom. The van der Waals surface area contributed by atoms with E-state index in [1.54, 1.807) is 23.1 Å². The number of amides is 2. The Labute approximate surface area is 137 Å². The van der Waals surface area contributed by atoms with Crippen molar-refractivity contribution in [2.75, 3.05) is 16.8 Å². The second-order valence-electron chi connectivity index (χ2n) is 5.13. The van der Waals surface area contributed by atoms with Gasteiger partial charge >= 0.3 is 0 Å². The van der Waals surface area contributed by atoms with Gasteiger partial charge in [0.05, 0.1) is 5.69 Å². The molecule has 1 fully saturated rings. The van der Waals surface area contributed by atoms with Crippen molar-refractivity contribution in [2.24, 2.45) is 0 Å². The highest BCUT2D eigenvalue weighted by molar-refractivity contribution is 9.10. The molecule has 22 heavy (non-hydrogen) atoms. The van der Waals surface area contributed by atoms with Crippen LogP contribution in [0.1, 0.15) is 23.2 Å². The van der Waals surface area contributed by atoms with Gasteiger partial charge in [0, 0.05) is 28.7 Å². The number of carbonyl (C=O) groups is 2. The number of para-hydroxylation sites is 1. The van der Waals surface area contributed by atoms with Gasteiger partial charge in [0.2, 0.25) is 5.91 Å². The lowest BCUT2D eigenvalue weighted by atomic mass is 10.1. The van der Waals surface area contributed by atoms with Crippen LogP contribution in [-0.2, 0) is 4.79 Å². The maximum atomic E-state index is 12.4. The predicted octanol–water partition coefficient (Wildman–Crippen LogP) is 3.83. The lowest BCUT2D eigenvalue weighted by Crippen LogP contribution is -2.24. The van der Waals surface area contributed by atoms with E-state index in [1.807, 2.05) is 30.3 Å². The van der Waals surface area contributed by atoms with Crippen molar-refractivity contribution in [3.05, 3.63) is 58.6 Å². The highest BCUT2D eigenvalue weighted by Gasteiger charge is 2.22. The van der Waals surface area contributed by atoms with Gasteiger partial charge in [-0.2, -0.15) is 0 Å². The molecule has 0 aromatic heterocycles. The van der Waals surface area contributed by atoms with E-state index >= 15 is 0 Å². The SMILES string of the molecule is O=C(Nc1ccccc1Br)c1cccc(N2CCCC2=O)c1. The van der Waals surface area contributed by atoms with Crippen molar-refractivity contribution in [3.8, 4) is 0 Å². The molecule has 4 nitrogen and oxygen atoms in total. The molecule has 1 N–H and O–H groups in total. The smallest absolute Gasteiger partial charge is 0.255 e. The molecule has 0 radical (unpaired) electrons. The number of carbonyl (C=O) groups excluding carboxylic acids is 2. The minimum absolute atomic E-state index is 0.114. The number of nitrogens with one attached hydrogen (secondary N) is 1. The molecule has 2 aromatic carbocycles. The van der Waals surface area contributed by atoms with Gasteiger partial charge in [-0.3, -0.25) is 9.59 Å². The first-order valence-corrected chi connectivity index (χ1v) is 7.91. The van der Waals surface area contributed by atoms with Crippen molar-refractivity contribution >= 4 is 39.1 Å². The maximum absolute atomic E-state index is 12.4. The number of nitrogens with zero attached hydrogens (tertiary/aromatic N) is 1. The molecule has 112 valence electrons. The zero-order chi connectivity index (χ0) is 15.5. The van der Waals surface area contributed by atoms with Crippen LogP contribution in [-0.4, -0.2) is 18.4 Å². The molecule has 1 heterocycles. The average molecular weight is 359 g/mol. The normalized spacial score (nSPS) is 14.2. The third-order valence-electron chi connectivity index (χ3n) is 3.62. The largest absolute Gasteiger partial charge is 0.321 e. The Bertz CT molecular complexity index is 730. The summed E-state index contributed by atoms with van der Waals surface area (Å²) in [5, 5.41) is 2.87. The van der Waals surface area contributed by atoms with Gasteiger partial charge in [0.1, 0.15) is 0 Å². The average Bonchev–Trinajstić information content (AvgIpc) is 2.96. The van der Waals surface area contributed by atoms with E-state index < -0.39 is 0 Å². The first-order valence-electron chi connectivity index (χ1n) is 7.11. The number of hydrogen-bond acceptors (Lipinski definition) is 2. The third kappa shape index (κ3) is 3.04. The lowest BCUT2D eigenvalue weighted by molar-refractivity contribution is -0.117. The topological polar surface area (TPSA) is 49.4 Å². The van der Waals surface area contributed by atoms with Crippen LogP contribution in [0.4, 0.5) is 11.4 Å². The fourth-order valence-corrected chi connectivity index (χ4v) is 2.88. The number of benzene rings is 2. The molecular weight excluding hydrogens is 344 g/mol. The molecule has 5 heteroatoms. The van der Waals surface area contributed by atoms with Crippen molar-refractivity contribution < 1.29 is 9.59 Å². The van der Waals surface area contributed by atoms with Crippen LogP contribution in [0.5, 0.6) is 0 Å². The summed E-state index contributed by atoms with van der Waals surface area (Å²) in [4.78, 5) is 25.9. The summed E-state index contributed by atoms with van der Waals surface area (Å²) in [5.41, 5.74) is 2.03. The highest BCUT2D eigenvalue weighted by Crippen LogP contribution is 2.24. The zero-order valence-electron chi connectivity index (χ0n) is 11.9. The Morgan fingerprint density at radius 3 is 2.68 bits per heavy atom. The van der Waals surface area contributed by atoms with Crippen LogP contribution in [0.3, 0.4) is 0 Å². The molecule has 1 aliphatic rings. The first-order chi connectivity index (χ1) is 10.6.